The SMILES string of the molecule is C=C[C@@H](c1ccc(N(C)C)cc1)c1ccc([N+](=O)[O-])cc1. The molecule has 0 saturated heterocycles. The molecule has 0 aliphatic carbocycles. The third kappa shape index (κ3) is 3.28. The Morgan fingerprint density at radius 3 is 1.90 bits per heavy atom. The highest BCUT2D eigenvalue weighted by Gasteiger charge is 2.12. The average molecular weight is 282 g/mol. The second kappa shape index (κ2) is 6.22. The van der Waals surface area contributed by atoms with E-state index in [9.17, 15) is 10.1 Å². The maximum absolute atomic E-state index is 10.7. The molecule has 0 aromatic heterocycles. The van der Waals surface area contributed by atoms with Gasteiger partial charge in [0.25, 0.3) is 5.69 Å². The normalized spacial score (nSPS) is 11.7. The molecule has 1 atom stereocenters. The minimum atomic E-state index is -0.390. The molecule has 0 heterocycles. The highest BCUT2D eigenvalue weighted by atomic mass is 16.6. The molecule has 0 aliphatic heterocycles. The number of nitro benzene ring substituents is 1. The zero-order valence-electron chi connectivity index (χ0n) is 12.2. The van der Waals surface area contributed by atoms with E-state index < -0.39 is 4.92 Å². The van der Waals surface area contributed by atoms with Gasteiger partial charge in [0.1, 0.15) is 0 Å². The molecular weight excluding hydrogens is 264 g/mol. The molecule has 0 radical (unpaired) electrons. The van der Waals surface area contributed by atoms with Gasteiger partial charge in [0.05, 0.1) is 4.92 Å². The zero-order chi connectivity index (χ0) is 15.4. The number of hydrogen-bond donors (Lipinski definition) is 0. The lowest BCUT2D eigenvalue weighted by atomic mass is 9.91. The molecule has 0 amide bonds. The van der Waals surface area contributed by atoms with Crippen LogP contribution in [0.5, 0.6) is 0 Å². The van der Waals surface area contributed by atoms with Crippen LogP contribution in [-0.2, 0) is 0 Å². The van der Waals surface area contributed by atoms with Crippen LogP contribution in [0.25, 0.3) is 0 Å². The molecule has 2 aromatic carbocycles. The Kier molecular flexibility index (Phi) is 4.38. The Morgan fingerprint density at radius 1 is 1.05 bits per heavy atom. The summed E-state index contributed by atoms with van der Waals surface area (Å²) in [5, 5.41) is 10.7. The van der Waals surface area contributed by atoms with E-state index >= 15 is 0 Å². The number of anilines is 1. The molecule has 0 bridgehead atoms. The first-order valence-corrected chi connectivity index (χ1v) is 6.67. The summed E-state index contributed by atoms with van der Waals surface area (Å²) in [6.07, 6.45) is 1.85. The third-order valence-corrected chi connectivity index (χ3v) is 3.47. The summed E-state index contributed by atoms with van der Waals surface area (Å²) in [7, 11) is 3.99. The van der Waals surface area contributed by atoms with Crippen molar-refractivity contribution in [1.82, 2.24) is 0 Å². The molecule has 4 nitrogen and oxygen atoms in total. The highest BCUT2D eigenvalue weighted by molar-refractivity contribution is 5.49. The predicted octanol–water partition coefficient (Wildman–Crippen LogP) is 3.98. The van der Waals surface area contributed by atoms with Crippen LogP contribution in [0.15, 0.2) is 61.2 Å². The van der Waals surface area contributed by atoms with Crippen molar-refractivity contribution in [3.63, 3.8) is 0 Å². The fourth-order valence-corrected chi connectivity index (χ4v) is 2.25. The van der Waals surface area contributed by atoms with E-state index in [1.807, 2.05) is 25.1 Å². The minimum absolute atomic E-state index is 0.0296. The largest absolute Gasteiger partial charge is 0.378 e. The Bertz CT molecular complexity index is 631. The molecule has 0 aliphatic rings. The van der Waals surface area contributed by atoms with E-state index in [4.69, 9.17) is 0 Å². The van der Waals surface area contributed by atoms with E-state index in [-0.39, 0.29) is 11.6 Å². The van der Waals surface area contributed by atoms with Gasteiger partial charge in [-0.15, -0.1) is 6.58 Å². The lowest BCUT2D eigenvalue weighted by Gasteiger charge is -2.16. The molecule has 0 saturated carbocycles. The molecule has 0 unspecified atom stereocenters. The number of nitro groups is 1. The summed E-state index contributed by atoms with van der Waals surface area (Å²) in [4.78, 5) is 12.4. The van der Waals surface area contributed by atoms with Crippen molar-refractivity contribution in [2.45, 2.75) is 5.92 Å². The van der Waals surface area contributed by atoms with Gasteiger partial charge in [-0.25, -0.2) is 0 Å². The van der Waals surface area contributed by atoms with Gasteiger partial charge in [0.2, 0.25) is 0 Å². The number of non-ortho nitro benzene ring substituents is 1. The number of benzene rings is 2. The van der Waals surface area contributed by atoms with Gasteiger partial charge in [0, 0.05) is 37.8 Å². The van der Waals surface area contributed by atoms with Crippen LogP contribution in [0.4, 0.5) is 11.4 Å². The molecule has 2 aromatic rings. The first kappa shape index (κ1) is 14.8. The molecule has 2 rings (SSSR count). The van der Waals surface area contributed by atoms with Gasteiger partial charge in [-0.05, 0) is 23.3 Å². The van der Waals surface area contributed by atoms with Crippen LogP contribution >= 0.6 is 0 Å². The van der Waals surface area contributed by atoms with Gasteiger partial charge in [-0.3, -0.25) is 10.1 Å². The van der Waals surface area contributed by atoms with E-state index in [2.05, 4.69) is 30.8 Å². The van der Waals surface area contributed by atoms with Crippen LogP contribution < -0.4 is 4.90 Å². The monoisotopic (exact) mass is 282 g/mol. The molecule has 0 N–H and O–H groups in total. The second-order valence-electron chi connectivity index (χ2n) is 5.05. The molecular formula is C17H18N2O2. The second-order valence-corrected chi connectivity index (χ2v) is 5.05. The van der Waals surface area contributed by atoms with Crippen molar-refractivity contribution in [2.24, 2.45) is 0 Å². The average Bonchev–Trinajstić information content (AvgIpc) is 2.49. The molecule has 108 valence electrons. The summed E-state index contributed by atoms with van der Waals surface area (Å²) in [6, 6.07) is 14.8. The Balaban J connectivity index is 2.30. The molecule has 0 spiro atoms. The topological polar surface area (TPSA) is 46.4 Å². The van der Waals surface area contributed by atoms with Crippen LogP contribution in [0.3, 0.4) is 0 Å². The van der Waals surface area contributed by atoms with Gasteiger partial charge < -0.3 is 4.90 Å². The number of allylic oxidation sites excluding steroid dienone is 1. The van der Waals surface area contributed by atoms with Crippen LogP contribution in [-0.4, -0.2) is 19.0 Å². The van der Waals surface area contributed by atoms with Crippen molar-refractivity contribution >= 4 is 11.4 Å². The van der Waals surface area contributed by atoms with Crippen LogP contribution in [0.1, 0.15) is 17.0 Å². The minimum Gasteiger partial charge on any atom is -0.378 e. The summed E-state index contributed by atoms with van der Waals surface area (Å²) >= 11 is 0. The summed E-state index contributed by atoms with van der Waals surface area (Å²) in [5.74, 6) is 0.0296. The first-order chi connectivity index (χ1) is 10.0. The van der Waals surface area contributed by atoms with Crippen molar-refractivity contribution in [2.75, 3.05) is 19.0 Å². The fourth-order valence-electron chi connectivity index (χ4n) is 2.25. The first-order valence-electron chi connectivity index (χ1n) is 6.67. The van der Waals surface area contributed by atoms with Gasteiger partial charge in [0.15, 0.2) is 0 Å². The number of rotatable bonds is 5. The van der Waals surface area contributed by atoms with Crippen LogP contribution in [0.2, 0.25) is 0 Å². The Morgan fingerprint density at radius 2 is 1.52 bits per heavy atom. The lowest BCUT2D eigenvalue weighted by molar-refractivity contribution is -0.384. The fraction of sp³-hybridized carbons (Fsp3) is 0.176. The quantitative estimate of drug-likeness (QED) is 0.473. The molecule has 4 heteroatoms. The maximum atomic E-state index is 10.7. The third-order valence-electron chi connectivity index (χ3n) is 3.47. The van der Waals surface area contributed by atoms with E-state index in [0.29, 0.717) is 0 Å². The maximum Gasteiger partial charge on any atom is 0.269 e. The predicted molar refractivity (Wildman–Crippen MR) is 85.9 cm³/mol. The summed E-state index contributed by atoms with van der Waals surface area (Å²) in [6.45, 7) is 3.88. The number of hydrogen-bond acceptors (Lipinski definition) is 3. The van der Waals surface area contributed by atoms with Gasteiger partial charge in [-0.2, -0.15) is 0 Å². The summed E-state index contributed by atoms with van der Waals surface area (Å²) in [5.41, 5.74) is 3.34. The molecule has 0 fully saturated rings. The van der Waals surface area contributed by atoms with Crippen molar-refractivity contribution in [3.05, 3.63) is 82.4 Å². The highest BCUT2D eigenvalue weighted by Crippen LogP contribution is 2.28. The van der Waals surface area contributed by atoms with Crippen molar-refractivity contribution in [1.29, 1.82) is 0 Å². The van der Waals surface area contributed by atoms with Gasteiger partial charge in [-0.1, -0.05) is 30.3 Å². The Hall–Kier alpha value is -2.62. The zero-order valence-corrected chi connectivity index (χ0v) is 12.2. The van der Waals surface area contributed by atoms with Crippen molar-refractivity contribution < 1.29 is 4.92 Å². The molecule has 21 heavy (non-hydrogen) atoms. The van der Waals surface area contributed by atoms with Crippen LogP contribution in [0, 0.1) is 10.1 Å². The lowest BCUT2D eigenvalue weighted by Crippen LogP contribution is -2.08. The van der Waals surface area contributed by atoms with E-state index in [1.165, 1.54) is 12.1 Å². The van der Waals surface area contributed by atoms with Gasteiger partial charge >= 0.3 is 0 Å². The van der Waals surface area contributed by atoms with Crippen molar-refractivity contribution in [3.8, 4) is 0 Å². The van der Waals surface area contributed by atoms with E-state index in [1.54, 1.807) is 12.1 Å². The smallest absolute Gasteiger partial charge is 0.269 e. The summed E-state index contributed by atoms with van der Waals surface area (Å²) < 4.78 is 0. The number of nitrogens with zero attached hydrogens (tertiary/aromatic N) is 2. The van der Waals surface area contributed by atoms with E-state index in [0.717, 1.165) is 16.8 Å². The Labute approximate surface area is 124 Å². The standard InChI is InChI=1S/C17H18N2O2/c1-4-17(13-5-9-15(10-6-13)18(2)3)14-7-11-16(12-8-14)19(20)21/h4-12,17H,1H2,2-3H3/t17-/m0/s1.